The number of anilines is 1. The molecule has 7 nitrogen and oxygen atoms in total. The minimum absolute atomic E-state index is 0.104. The largest absolute Gasteiger partial charge is 0.463 e. The Hall–Kier alpha value is -3.39. The van der Waals surface area contributed by atoms with Crippen molar-refractivity contribution < 1.29 is 17.6 Å². The number of sulfonamides is 1. The smallest absolute Gasteiger partial charge is 0.264 e. The van der Waals surface area contributed by atoms with Crippen molar-refractivity contribution in [2.24, 2.45) is 5.10 Å². The van der Waals surface area contributed by atoms with Gasteiger partial charge in [-0.1, -0.05) is 35.9 Å². The van der Waals surface area contributed by atoms with E-state index in [9.17, 15) is 13.2 Å². The molecule has 150 valence electrons. The van der Waals surface area contributed by atoms with E-state index in [1.807, 2.05) is 26.0 Å². The molecule has 0 saturated carbocycles. The zero-order valence-electron chi connectivity index (χ0n) is 16.1. The van der Waals surface area contributed by atoms with Crippen LogP contribution in [0.15, 0.2) is 81.3 Å². The van der Waals surface area contributed by atoms with Crippen LogP contribution in [0.4, 0.5) is 5.69 Å². The van der Waals surface area contributed by atoms with Gasteiger partial charge < -0.3 is 4.42 Å². The molecule has 0 fully saturated rings. The summed E-state index contributed by atoms with van der Waals surface area (Å²) in [6, 6.07) is 16.8. The number of aryl methyl sites for hydroxylation is 2. The molecule has 1 amide bonds. The monoisotopic (exact) mass is 411 g/mol. The molecule has 8 heteroatoms. The van der Waals surface area contributed by atoms with Gasteiger partial charge in [-0.2, -0.15) is 5.10 Å². The molecule has 2 aromatic carbocycles. The van der Waals surface area contributed by atoms with Crippen LogP contribution in [0.5, 0.6) is 0 Å². The summed E-state index contributed by atoms with van der Waals surface area (Å²) < 4.78 is 32.7. The molecule has 0 aliphatic rings. The molecule has 0 spiro atoms. The van der Waals surface area contributed by atoms with Crippen LogP contribution < -0.4 is 9.73 Å². The Morgan fingerprint density at radius 3 is 2.52 bits per heavy atom. The predicted octanol–water partition coefficient (Wildman–Crippen LogP) is 3.24. The minimum Gasteiger partial charge on any atom is -0.463 e. The highest BCUT2D eigenvalue weighted by atomic mass is 32.2. The average molecular weight is 411 g/mol. The first-order valence-electron chi connectivity index (χ1n) is 8.88. The Labute approximate surface area is 169 Å². The van der Waals surface area contributed by atoms with Gasteiger partial charge in [-0.05, 0) is 49.7 Å². The van der Waals surface area contributed by atoms with Gasteiger partial charge in [0.25, 0.3) is 15.9 Å². The van der Waals surface area contributed by atoms with Gasteiger partial charge in [-0.25, -0.2) is 13.8 Å². The lowest BCUT2D eigenvalue weighted by Crippen LogP contribution is -2.40. The Balaban J connectivity index is 1.89. The number of carbonyl (C=O) groups is 1. The Morgan fingerprint density at radius 1 is 1.10 bits per heavy atom. The van der Waals surface area contributed by atoms with Gasteiger partial charge >= 0.3 is 0 Å². The zero-order chi connectivity index (χ0) is 20.9. The maximum Gasteiger partial charge on any atom is 0.264 e. The number of rotatable bonds is 7. The van der Waals surface area contributed by atoms with Gasteiger partial charge in [0.2, 0.25) is 0 Å². The van der Waals surface area contributed by atoms with E-state index in [2.05, 4.69) is 10.5 Å². The minimum atomic E-state index is -3.95. The maximum absolute atomic E-state index is 13.3. The van der Waals surface area contributed by atoms with Crippen molar-refractivity contribution in [2.75, 3.05) is 10.8 Å². The summed E-state index contributed by atoms with van der Waals surface area (Å²) in [7, 11) is -3.95. The molecular formula is C21H21N3O4S. The van der Waals surface area contributed by atoms with E-state index in [4.69, 9.17) is 4.42 Å². The fourth-order valence-corrected chi connectivity index (χ4v) is 4.31. The average Bonchev–Trinajstić information content (AvgIpc) is 3.21. The molecule has 1 aromatic heterocycles. The SMILES string of the molecule is Cc1ccc(N(CC(=O)N/N=C\c2ccco2)S(=O)(=O)c2ccccc2)c(C)c1. The molecular weight excluding hydrogens is 390 g/mol. The van der Waals surface area contributed by atoms with Crippen LogP contribution in [0.3, 0.4) is 0 Å². The fourth-order valence-electron chi connectivity index (χ4n) is 2.80. The van der Waals surface area contributed by atoms with Crippen molar-refractivity contribution in [2.45, 2.75) is 18.7 Å². The van der Waals surface area contributed by atoms with E-state index < -0.39 is 22.5 Å². The van der Waals surface area contributed by atoms with E-state index in [1.54, 1.807) is 36.4 Å². The van der Waals surface area contributed by atoms with Gasteiger partial charge in [-0.15, -0.1) is 0 Å². The molecule has 1 heterocycles. The molecule has 1 N–H and O–H groups in total. The molecule has 0 saturated heterocycles. The molecule has 0 unspecified atom stereocenters. The Bertz CT molecular complexity index is 1110. The molecule has 0 bridgehead atoms. The number of nitrogens with zero attached hydrogens (tertiary/aromatic N) is 2. The first-order chi connectivity index (χ1) is 13.9. The number of amides is 1. The normalized spacial score (nSPS) is 11.5. The first-order valence-corrected chi connectivity index (χ1v) is 10.3. The highest BCUT2D eigenvalue weighted by molar-refractivity contribution is 7.92. The van der Waals surface area contributed by atoms with Crippen LogP contribution in [-0.4, -0.2) is 27.1 Å². The van der Waals surface area contributed by atoms with Crippen molar-refractivity contribution >= 4 is 27.8 Å². The zero-order valence-corrected chi connectivity index (χ0v) is 16.9. The highest BCUT2D eigenvalue weighted by Gasteiger charge is 2.28. The van der Waals surface area contributed by atoms with Crippen LogP contribution in [0.25, 0.3) is 0 Å². The van der Waals surface area contributed by atoms with Crippen LogP contribution in [0.1, 0.15) is 16.9 Å². The topological polar surface area (TPSA) is 92.0 Å². The van der Waals surface area contributed by atoms with E-state index in [0.29, 0.717) is 11.4 Å². The van der Waals surface area contributed by atoms with Crippen molar-refractivity contribution in [1.82, 2.24) is 5.43 Å². The van der Waals surface area contributed by atoms with Crippen LogP contribution in [0.2, 0.25) is 0 Å². The summed E-state index contributed by atoms with van der Waals surface area (Å²) >= 11 is 0. The van der Waals surface area contributed by atoms with Gasteiger partial charge in [-0.3, -0.25) is 9.10 Å². The Morgan fingerprint density at radius 2 is 1.86 bits per heavy atom. The highest BCUT2D eigenvalue weighted by Crippen LogP contribution is 2.27. The van der Waals surface area contributed by atoms with E-state index in [1.165, 1.54) is 24.6 Å². The van der Waals surface area contributed by atoms with Crippen LogP contribution >= 0.6 is 0 Å². The third-order valence-corrected chi connectivity index (χ3v) is 5.94. The van der Waals surface area contributed by atoms with Gasteiger partial charge in [0.15, 0.2) is 0 Å². The number of hydrogen-bond acceptors (Lipinski definition) is 5. The lowest BCUT2D eigenvalue weighted by Gasteiger charge is -2.25. The second kappa shape index (κ2) is 8.74. The Kier molecular flexibility index (Phi) is 6.13. The summed E-state index contributed by atoms with van der Waals surface area (Å²) in [4.78, 5) is 12.6. The summed E-state index contributed by atoms with van der Waals surface area (Å²) in [5.74, 6) is -0.110. The van der Waals surface area contributed by atoms with Gasteiger partial charge in [0, 0.05) is 0 Å². The van der Waals surface area contributed by atoms with Gasteiger partial charge in [0.05, 0.1) is 23.1 Å². The number of hydrogen-bond donors (Lipinski definition) is 1. The van der Waals surface area contributed by atoms with E-state index in [-0.39, 0.29) is 4.90 Å². The van der Waals surface area contributed by atoms with Crippen LogP contribution in [-0.2, 0) is 14.8 Å². The van der Waals surface area contributed by atoms with E-state index in [0.717, 1.165) is 15.4 Å². The molecule has 0 atom stereocenters. The van der Waals surface area contributed by atoms with Crippen molar-refractivity contribution in [3.05, 3.63) is 83.8 Å². The number of nitrogens with one attached hydrogen (secondary N) is 1. The quantitative estimate of drug-likeness (QED) is 0.477. The summed E-state index contributed by atoms with van der Waals surface area (Å²) in [6.07, 6.45) is 2.82. The van der Waals surface area contributed by atoms with E-state index >= 15 is 0 Å². The van der Waals surface area contributed by atoms with Crippen molar-refractivity contribution in [1.29, 1.82) is 0 Å². The molecule has 3 rings (SSSR count). The van der Waals surface area contributed by atoms with Crippen molar-refractivity contribution in [3.8, 4) is 0 Å². The third kappa shape index (κ3) is 4.91. The maximum atomic E-state index is 13.3. The summed E-state index contributed by atoms with van der Waals surface area (Å²) in [5, 5.41) is 3.81. The van der Waals surface area contributed by atoms with Gasteiger partial charge in [0.1, 0.15) is 12.3 Å². The lowest BCUT2D eigenvalue weighted by atomic mass is 10.1. The fraction of sp³-hybridized carbons (Fsp3) is 0.143. The molecule has 0 aliphatic carbocycles. The standard InChI is InChI=1S/C21H21N3O4S/c1-16-10-11-20(17(2)13-16)24(29(26,27)19-8-4-3-5-9-19)15-21(25)23-22-14-18-7-6-12-28-18/h3-14H,15H2,1-2H3,(H,23,25)/b22-14-. The number of furan rings is 1. The number of benzene rings is 2. The number of carbonyl (C=O) groups excluding carboxylic acids is 1. The third-order valence-electron chi connectivity index (χ3n) is 4.16. The van der Waals surface area contributed by atoms with Crippen LogP contribution in [0, 0.1) is 13.8 Å². The molecule has 0 aliphatic heterocycles. The van der Waals surface area contributed by atoms with Crippen molar-refractivity contribution in [3.63, 3.8) is 0 Å². The second-order valence-electron chi connectivity index (χ2n) is 6.42. The molecule has 29 heavy (non-hydrogen) atoms. The first kappa shape index (κ1) is 20.3. The summed E-state index contributed by atoms with van der Waals surface area (Å²) in [6.45, 7) is 3.31. The second-order valence-corrected chi connectivity index (χ2v) is 8.29. The summed E-state index contributed by atoms with van der Waals surface area (Å²) in [5.41, 5.74) is 4.52. The molecule has 3 aromatic rings. The predicted molar refractivity (Wildman–Crippen MR) is 111 cm³/mol. The number of hydrazone groups is 1. The lowest BCUT2D eigenvalue weighted by molar-refractivity contribution is -0.119. The molecule has 0 radical (unpaired) electrons.